The Bertz CT molecular complexity index is 2270. The summed E-state index contributed by atoms with van der Waals surface area (Å²) in [4.78, 5) is 89.6. The van der Waals surface area contributed by atoms with E-state index in [-0.39, 0.29) is 65.9 Å². The SMILES string of the molecule is COC(=O)Oc1cccc2c(=O)n(CCCCC(C(=O)OCc3ccccc3)n3c(=O)oc4c(OC(=O)OC)cccc4c3=O)c(=O)oc12. The summed E-state index contributed by atoms with van der Waals surface area (Å²) in [5, 5.41) is -0.211. The maximum Gasteiger partial charge on any atom is 0.513 e. The second-order valence-electron chi connectivity index (χ2n) is 10.4. The molecule has 2 heterocycles. The van der Waals surface area contributed by atoms with Crippen molar-refractivity contribution in [1.29, 1.82) is 0 Å². The lowest BCUT2D eigenvalue weighted by atomic mass is 10.1. The zero-order chi connectivity index (χ0) is 35.1. The Labute approximate surface area is 274 Å². The fourth-order valence-corrected chi connectivity index (χ4v) is 4.97. The smallest absolute Gasteiger partial charge is 0.459 e. The average Bonchev–Trinajstić information content (AvgIpc) is 3.10. The van der Waals surface area contributed by atoms with E-state index in [4.69, 9.17) is 23.0 Å². The Morgan fingerprint density at radius 1 is 0.694 bits per heavy atom. The van der Waals surface area contributed by atoms with E-state index in [9.17, 15) is 33.6 Å². The minimum atomic E-state index is -1.48. The number of para-hydroxylation sites is 2. The van der Waals surface area contributed by atoms with Crippen LogP contribution in [-0.2, 0) is 32.2 Å². The minimum absolute atomic E-state index is 0.0424. The Hall–Kier alpha value is -6.45. The van der Waals surface area contributed by atoms with Crippen molar-refractivity contribution in [3.05, 3.63) is 114 Å². The molecule has 0 amide bonds. The molecule has 49 heavy (non-hydrogen) atoms. The number of benzene rings is 3. The van der Waals surface area contributed by atoms with E-state index in [1.54, 1.807) is 30.3 Å². The fourth-order valence-electron chi connectivity index (χ4n) is 4.97. The molecule has 0 aliphatic heterocycles. The molecule has 0 fully saturated rings. The highest BCUT2D eigenvalue weighted by atomic mass is 16.7. The third kappa shape index (κ3) is 7.43. The van der Waals surface area contributed by atoms with Crippen molar-refractivity contribution < 1.29 is 46.9 Å². The van der Waals surface area contributed by atoms with Gasteiger partial charge < -0.3 is 32.5 Å². The van der Waals surface area contributed by atoms with Crippen LogP contribution in [0.15, 0.2) is 94.7 Å². The number of fused-ring (bicyclic) bond motifs is 2. The highest BCUT2D eigenvalue weighted by molar-refractivity contribution is 5.85. The Balaban J connectivity index is 1.42. The number of aromatic nitrogens is 2. The van der Waals surface area contributed by atoms with Crippen molar-refractivity contribution >= 4 is 40.2 Å². The molecule has 3 aromatic carbocycles. The molecule has 0 N–H and O–H groups in total. The van der Waals surface area contributed by atoms with Gasteiger partial charge in [-0.15, -0.1) is 0 Å². The third-order valence-electron chi connectivity index (χ3n) is 7.32. The van der Waals surface area contributed by atoms with Gasteiger partial charge in [0.15, 0.2) is 22.7 Å². The van der Waals surface area contributed by atoms with Crippen LogP contribution in [0, 0.1) is 0 Å². The molecule has 5 aromatic rings. The van der Waals surface area contributed by atoms with Crippen molar-refractivity contribution in [1.82, 2.24) is 9.13 Å². The molecule has 16 heteroatoms. The average molecular weight is 677 g/mol. The minimum Gasteiger partial charge on any atom is -0.459 e. The molecular formula is C33H28N2O14. The van der Waals surface area contributed by atoms with Crippen LogP contribution >= 0.6 is 0 Å². The Morgan fingerprint density at radius 2 is 1.27 bits per heavy atom. The number of unbranched alkanes of at least 4 members (excludes halogenated alkanes) is 1. The van der Waals surface area contributed by atoms with Gasteiger partial charge in [0.1, 0.15) is 12.6 Å². The van der Waals surface area contributed by atoms with Gasteiger partial charge >= 0.3 is 29.8 Å². The maximum atomic E-state index is 13.6. The summed E-state index contributed by atoms with van der Waals surface area (Å²) >= 11 is 0. The highest BCUT2D eigenvalue weighted by Crippen LogP contribution is 2.25. The fraction of sp³-hybridized carbons (Fsp3) is 0.242. The van der Waals surface area contributed by atoms with Gasteiger partial charge in [-0.05, 0) is 49.1 Å². The lowest BCUT2D eigenvalue weighted by Crippen LogP contribution is -2.40. The monoisotopic (exact) mass is 676 g/mol. The molecule has 1 unspecified atom stereocenters. The first-order valence-corrected chi connectivity index (χ1v) is 14.7. The molecule has 254 valence electrons. The molecule has 16 nitrogen and oxygen atoms in total. The molecule has 0 aliphatic carbocycles. The second kappa shape index (κ2) is 15.0. The number of carbonyl (C=O) groups is 3. The van der Waals surface area contributed by atoms with Gasteiger partial charge in [0, 0.05) is 6.54 Å². The molecule has 0 bridgehead atoms. The summed E-state index contributed by atoms with van der Waals surface area (Å²) in [6.07, 6.45) is -2.12. The maximum absolute atomic E-state index is 13.6. The molecule has 1 atom stereocenters. The summed E-state index contributed by atoms with van der Waals surface area (Å²) < 4.78 is 36.4. The molecule has 0 spiro atoms. The van der Waals surface area contributed by atoms with Gasteiger partial charge in [0.2, 0.25) is 0 Å². The zero-order valence-corrected chi connectivity index (χ0v) is 26.1. The molecule has 0 aliphatic rings. The van der Waals surface area contributed by atoms with Crippen LogP contribution in [0.2, 0.25) is 0 Å². The molecule has 0 saturated carbocycles. The van der Waals surface area contributed by atoms with Crippen LogP contribution in [0.25, 0.3) is 21.9 Å². The van der Waals surface area contributed by atoms with Crippen molar-refractivity contribution in [3.63, 3.8) is 0 Å². The normalized spacial score (nSPS) is 11.6. The molecular weight excluding hydrogens is 648 g/mol. The lowest BCUT2D eigenvalue weighted by Gasteiger charge is -2.18. The molecule has 2 aromatic heterocycles. The quantitative estimate of drug-likeness (QED) is 0.0848. The van der Waals surface area contributed by atoms with Gasteiger partial charge in [-0.3, -0.25) is 9.59 Å². The summed E-state index contributed by atoms with van der Waals surface area (Å²) in [5.41, 5.74) is -1.57. The summed E-state index contributed by atoms with van der Waals surface area (Å²) in [6, 6.07) is 15.3. The van der Waals surface area contributed by atoms with Crippen LogP contribution in [0.1, 0.15) is 30.9 Å². The first-order chi connectivity index (χ1) is 23.6. The summed E-state index contributed by atoms with van der Waals surface area (Å²) in [5.74, 6) is -3.62. The van der Waals surface area contributed by atoms with E-state index in [1.807, 2.05) is 0 Å². The number of ether oxygens (including phenoxy) is 5. The number of hydrogen-bond donors (Lipinski definition) is 0. The van der Waals surface area contributed by atoms with Crippen molar-refractivity contribution in [2.45, 2.75) is 38.5 Å². The first kappa shape index (κ1) is 33.9. The summed E-state index contributed by atoms with van der Waals surface area (Å²) in [7, 11) is 2.16. The Morgan fingerprint density at radius 3 is 1.86 bits per heavy atom. The van der Waals surface area contributed by atoms with E-state index < -0.39 is 47.0 Å². The van der Waals surface area contributed by atoms with Crippen LogP contribution in [0.4, 0.5) is 9.59 Å². The number of rotatable bonds is 11. The standard InChI is InChI=1S/C33H28N2O14/c1-43-32(41)46-23-15-8-12-20-25(23)48-30(39)34(27(20)36)17-7-6-14-22(29(38)45-18-19-10-4-3-5-11-19)35-28(37)21-13-9-16-24(47-33(42)44-2)26(21)49-31(35)40/h3-5,8-13,15-16,22H,6-7,14,17-18H2,1-2H3. The van der Waals surface area contributed by atoms with E-state index in [2.05, 4.69) is 9.47 Å². The van der Waals surface area contributed by atoms with Crippen molar-refractivity contribution in [2.75, 3.05) is 14.2 Å². The zero-order valence-electron chi connectivity index (χ0n) is 26.1. The number of hydrogen-bond acceptors (Lipinski definition) is 14. The first-order valence-electron chi connectivity index (χ1n) is 14.7. The number of carbonyl (C=O) groups excluding carboxylic acids is 3. The highest BCUT2D eigenvalue weighted by Gasteiger charge is 2.28. The van der Waals surface area contributed by atoms with Crippen molar-refractivity contribution in [3.8, 4) is 11.5 Å². The topological polar surface area (TPSA) is 202 Å². The summed E-state index contributed by atoms with van der Waals surface area (Å²) in [6.45, 7) is -0.323. The van der Waals surface area contributed by atoms with Gasteiger partial charge in [-0.25, -0.2) is 33.1 Å². The van der Waals surface area contributed by atoms with Gasteiger partial charge in [-0.2, -0.15) is 0 Å². The predicted molar refractivity (Wildman–Crippen MR) is 169 cm³/mol. The molecule has 0 radical (unpaired) electrons. The second-order valence-corrected chi connectivity index (χ2v) is 10.4. The van der Waals surface area contributed by atoms with E-state index in [1.165, 1.54) is 36.4 Å². The number of nitrogens with zero attached hydrogens (tertiary/aromatic N) is 2. The van der Waals surface area contributed by atoms with Crippen LogP contribution in [-0.4, -0.2) is 41.6 Å². The van der Waals surface area contributed by atoms with Crippen molar-refractivity contribution in [2.24, 2.45) is 0 Å². The van der Waals surface area contributed by atoms with Crippen LogP contribution < -0.4 is 32.1 Å². The number of methoxy groups -OCH3 is 2. The van der Waals surface area contributed by atoms with Crippen LogP contribution in [0.3, 0.4) is 0 Å². The molecule has 0 saturated heterocycles. The van der Waals surface area contributed by atoms with Gasteiger partial charge in [0.05, 0.1) is 25.0 Å². The molecule has 5 rings (SSSR count). The third-order valence-corrected chi connectivity index (χ3v) is 7.32. The Kier molecular flexibility index (Phi) is 10.4. The van der Waals surface area contributed by atoms with E-state index in [0.29, 0.717) is 10.1 Å². The number of esters is 1. The largest absolute Gasteiger partial charge is 0.513 e. The lowest BCUT2D eigenvalue weighted by molar-refractivity contribution is -0.149. The van der Waals surface area contributed by atoms with Crippen LogP contribution in [0.5, 0.6) is 11.5 Å². The predicted octanol–water partition coefficient (Wildman–Crippen LogP) is 3.67. The van der Waals surface area contributed by atoms with E-state index in [0.717, 1.165) is 18.8 Å². The van der Waals surface area contributed by atoms with E-state index >= 15 is 0 Å². The van der Waals surface area contributed by atoms with Gasteiger partial charge in [0.25, 0.3) is 11.1 Å². The van der Waals surface area contributed by atoms with Gasteiger partial charge in [-0.1, -0.05) is 42.5 Å².